The Labute approximate surface area is 196 Å². The van der Waals surface area contributed by atoms with E-state index in [1.165, 1.54) is 0 Å². The number of thiol groups is 1. The van der Waals surface area contributed by atoms with Crippen LogP contribution in [-0.2, 0) is 19.2 Å². The lowest BCUT2D eigenvalue weighted by Gasteiger charge is -2.27. The number of nitrogens with two attached hydrogens (primary N) is 2. The third-order valence-corrected chi connectivity index (χ3v) is 5.62. The lowest BCUT2D eigenvalue weighted by Crippen LogP contribution is -2.58. The lowest BCUT2D eigenvalue weighted by molar-refractivity contribution is -0.144. The van der Waals surface area contributed by atoms with Gasteiger partial charge in [0.25, 0.3) is 0 Å². The van der Waals surface area contributed by atoms with Crippen molar-refractivity contribution in [2.75, 3.05) is 12.3 Å². The first kappa shape index (κ1) is 30.1. The summed E-state index contributed by atoms with van der Waals surface area (Å²) in [6.45, 7) is 7.81. The summed E-state index contributed by atoms with van der Waals surface area (Å²) in [6, 6.07) is -3.77. The molecule has 3 amide bonds. The second kappa shape index (κ2) is 15.9. The highest BCUT2D eigenvalue weighted by Gasteiger charge is 2.32. The summed E-state index contributed by atoms with van der Waals surface area (Å²) in [5.41, 5.74) is 11.2. The summed E-state index contributed by atoms with van der Waals surface area (Å²) in [5.74, 6) is -2.85. The van der Waals surface area contributed by atoms with Gasteiger partial charge in [0.2, 0.25) is 17.7 Å². The maximum atomic E-state index is 13.0. The Morgan fingerprint density at radius 1 is 0.938 bits per heavy atom. The molecule has 0 spiro atoms. The molecule has 0 aliphatic rings. The molecule has 32 heavy (non-hydrogen) atoms. The van der Waals surface area contributed by atoms with Gasteiger partial charge in [0, 0.05) is 5.75 Å². The third kappa shape index (κ3) is 11.1. The van der Waals surface area contributed by atoms with Crippen LogP contribution in [0.3, 0.4) is 0 Å². The van der Waals surface area contributed by atoms with E-state index in [4.69, 9.17) is 11.5 Å². The molecule has 11 heteroatoms. The second-order valence-electron chi connectivity index (χ2n) is 8.54. The number of unbranched alkanes of at least 4 members (excludes halogenated alkanes) is 1. The average molecular weight is 476 g/mol. The SMILES string of the molecule is CCC(C)C(NC(=O)C(CC(C)C)NC(=O)C(CCCCN)NC(=O)C(N)CS)C(=O)O. The number of carboxylic acid groups (broad SMARTS) is 1. The molecule has 10 nitrogen and oxygen atoms in total. The van der Waals surface area contributed by atoms with Crippen LogP contribution in [0.5, 0.6) is 0 Å². The number of hydrogen-bond acceptors (Lipinski definition) is 7. The molecule has 0 saturated carbocycles. The van der Waals surface area contributed by atoms with E-state index in [2.05, 4.69) is 28.6 Å². The largest absolute Gasteiger partial charge is 0.480 e. The second-order valence-corrected chi connectivity index (χ2v) is 8.90. The number of rotatable bonds is 16. The predicted molar refractivity (Wildman–Crippen MR) is 127 cm³/mol. The zero-order chi connectivity index (χ0) is 24.8. The van der Waals surface area contributed by atoms with Crippen LogP contribution in [0, 0.1) is 11.8 Å². The van der Waals surface area contributed by atoms with Crippen molar-refractivity contribution in [1.29, 1.82) is 0 Å². The van der Waals surface area contributed by atoms with Crippen LogP contribution in [0.25, 0.3) is 0 Å². The minimum atomic E-state index is -1.13. The van der Waals surface area contributed by atoms with Gasteiger partial charge in [-0.15, -0.1) is 0 Å². The zero-order valence-corrected chi connectivity index (χ0v) is 20.5. The predicted octanol–water partition coefficient (Wildman–Crippen LogP) is 0.00370. The Kier molecular flexibility index (Phi) is 15.0. The number of hydrogen-bond donors (Lipinski definition) is 7. The average Bonchev–Trinajstić information content (AvgIpc) is 2.74. The maximum Gasteiger partial charge on any atom is 0.326 e. The molecular formula is C21H41N5O5S. The number of carbonyl (C=O) groups is 4. The van der Waals surface area contributed by atoms with Crippen molar-refractivity contribution >= 4 is 36.3 Å². The van der Waals surface area contributed by atoms with Crippen molar-refractivity contribution in [1.82, 2.24) is 16.0 Å². The van der Waals surface area contributed by atoms with E-state index in [9.17, 15) is 24.3 Å². The van der Waals surface area contributed by atoms with Crippen molar-refractivity contribution in [2.24, 2.45) is 23.3 Å². The van der Waals surface area contributed by atoms with Gasteiger partial charge in [-0.2, -0.15) is 12.6 Å². The molecule has 0 aromatic carbocycles. The van der Waals surface area contributed by atoms with E-state index in [0.29, 0.717) is 38.6 Å². The third-order valence-electron chi connectivity index (χ3n) is 5.23. The van der Waals surface area contributed by atoms with Crippen LogP contribution < -0.4 is 27.4 Å². The van der Waals surface area contributed by atoms with E-state index in [0.717, 1.165) is 0 Å². The van der Waals surface area contributed by atoms with Crippen molar-refractivity contribution < 1.29 is 24.3 Å². The first-order valence-electron chi connectivity index (χ1n) is 11.2. The first-order chi connectivity index (χ1) is 15.0. The molecule has 0 heterocycles. The van der Waals surface area contributed by atoms with Gasteiger partial charge >= 0.3 is 5.97 Å². The Bertz CT molecular complexity index is 619. The molecule has 0 aliphatic carbocycles. The summed E-state index contributed by atoms with van der Waals surface area (Å²) >= 11 is 4.00. The summed E-state index contributed by atoms with van der Waals surface area (Å²) in [4.78, 5) is 49.7. The van der Waals surface area contributed by atoms with Crippen LogP contribution in [0.2, 0.25) is 0 Å². The normalized spacial score (nSPS) is 15.9. The number of carbonyl (C=O) groups excluding carboxylic acids is 3. The van der Waals surface area contributed by atoms with Gasteiger partial charge < -0.3 is 32.5 Å². The van der Waals surface area contributed by atoms with Crippen LogP contribution in [-0.4, -0.2) is 65.3 Å². The smallest absolute Gasteiger partial charge is 0.326 e. The van der Waals surface area contributed by atoms with Gasteiger partial charge in [-0.3, -0.25) is 14.4 Å². The molecule has 5 atom stereocenters. The number of carboxylic acids is 1. The highest BCUT2D eigenvalue weighted by atomic mass is 32.1. The van der Waals surface area contributed by atoms with Gasteiger partial charge in [0.15, 0.2) is 0 Å². The molecule has 8 N–H and O–H groups in total. The molecule has 5 unspecified atom stereocenters. The highest BCUT2D eigenvalue weighted by molar-refractivity contribution is 7.80. The quantitative estimate of drug-likeness (QED) is 0.121. The van der Waals surface area contributed by atoms with E-state index in [-0.39, 0.29) is 17.6 Å². The molecule has 0 rings (SSSR count). The van der Waals surface area contributed by atoms with Gasteiger partial charge in [-0.25, -0.2) is 4.79 Å². The number of amides is 3. The standard InChI is InChI=1S/C21H41N5O5S/c1-5-13(4)17(21(30)31)26-20(29)16(10-12(2)3)25-19(28)15(8-6-7-9-22)24-18(27)14(23)11-32/h12-17,32H,5-11,22-23H2,1-4H3,(H,24,27)(H,25,28)(H,26,29)(H,30,31). The molecular weight excluding hydrogens is 434 g/mol. The fraction of sp³-hybridized carbons (Fsp3) is 0.810. The van der Waals surface area contributed by atoms with E-state index in [1.54, 1.807) is 6.92 Å². The monoisotopic (exact) mass is 475 g/mol. The van der Waals surface area contributed by atoms with Gasteiger partial charge in [-0.05, 0) is 44.1 Å². The molecule has 0 saturated heterocycles. The molecule has 0 aliphatic heterocycles. The van der Waals surface area contributed by atoms with Gasteiger partial charge in [0.1, 0.15) is 18.1 Å². The molecule has 0 aromatic rings. The first-order valence-corrected chi connectivity index (χ1v) is 11.8. The number of nitrogens with one attached hydrogen (secondary N) is 3. The van der Waals surface area contributed by atoms with Crippen molar-refractivity contribution in [2.45, 2.75) is 84.0 Å². The fourth-order valence-electron chi connectivity index (χ4n) is 3.04. The van der Waals surface area contributed by atoms with E-state index >= 15 is 0 Å². The fourth-order valence-corrected chi connectivity index (χ4v) is 3.20. The Morgan fingerprint density at radius 2 is 1.50 bits per heavy atom. The summed E-state index contributed by atoms with van der Waals surface area (Å²) in [5, 5.41) is 17.3. The van der Waals surface area contributed by atoms with E-state index in [1.807, 2.05) is 20.8 Å². The maximum absolute atomic E-state index is 13.0. The Hall–Kier alpha value is -1.85. The van der Waals surface area contributed by atoms with Crippen molar-refractivity contribution in [3.05, 3.63) is 0 Å². The minimum absolute atomic E-state index is 0.0563. The highest BCUT2D eigenvalue weighted by Crippen LogP contribution is 2.11. The molecule has 186 valence electrons. The molecule has 0 bridgehead atoms. The topological polar surface area (TPSA) is 177 Å². The Balaban J connectivity index is 5.49. The summed E-state index contributed by atoms with van der Waals surface area (Å²) in [6.07, 6.45) is 2.47. The van der Waals surface area contributed by atoms with Gasteiger partial charge in [-0.1, -0.05) is 34.1 Å². The molecule has 0 radical (unpaired) electrons. The van der Waals surface area contributed by atoms with Crippen molar-refractivity contribution in [3.63, 3.8) is 0 Å². The summed E-state index contributed by atoms with van der Waals surface area (Å²) in [7, 11) is 0. The van der Waals surface area contributed by atoms with Gasteiger partial charge in [0.05, 0.1) is 6.04 Å². The van der Waals surface area contributed by atoms with Crippen LogP contribution in [0.4, 0.5) is 0 Å². The molecule has 0 fully saturated rings. The van der Waals surface area contributed by atoms with E-state index < -0.39 is 47.9 Å². The molecule has 0 aromatic heterocycles. The van der Waals surface area contributed by atoms with Crippen LogP contribution in [0.1, 0.15) is 59.8 Å². The lowest BCUT2D eigenvalue weighted by atomic mass is 9.97. The van der Waals surface area contributed by atoms with Crippen LogP contribution in [0.15, 0.2) is 0 Å². The minimum Gasteiger partial charge on any atom is -0.480 e. The van der Waals surface area contributed by atoms with Crippen molar-refractivity contribution in [3.8, 4) is 0 Å². The number of aliphatic carboxylic acids is 1. The summed E-state index contributed by atoms with van der Waals surface area (Å²) < 4.78 is 0. The zero-order valence-electron chi connectivity index (χ0n) is 19.6. The Morgan fingerprint density at radius 3 is 1.97 bits per heavy atom. The van der Waals surface area contributed by atoms with Crippen LogP contribution >= 0.6 is 12.6 Å².